The first-order valence-electron chi connectivity index (χ1n) is 32.3. The van der Waals surface area contributed by atoms with Gasteiger partial charge in [-0.2, -0.15) is 0 Å². The zero-order valence-electron chi connectivity index (χ0n) is 53.8. The number of hydrogen-bond acceptors (Lipinski definition) is 4. The molecule has 6 aliphatic rings. The molecule has 4 heterocycles. The number of para-hydroxylation sites is 1. The van der Waals surface area contributed by atoms with E-state index >= 15 is 0 Å². The summed E-state index contributed by atoms with van der Waals surface area (Å²) in [5.41, 5.74) is 28.3. The van der Waals surface area contributed by atoms with Crippen LogP contribution in [0.5, 0.6) is 0 Å². The second-order valence-electron chi connectivity index (χ2n) is 32.2. The molecule has 1 fully saturated rings. The van der Waals surface area contributed by atoms with Crippen molar-refractivity contribution in [1.82, 2.24) is 0 Å². The van der Waals surface area contributed by atoms with E-state index in [2.05, 4.69) is 271 Å². The standard InChI is InChI=1S/C80H88BN3O/c1-73(2,3)50-28-33-63(55(42-50)49-24-18-17-19-25-49)83-67-46-53(84-64-34-29-51(74(4,5)6)43-60(64)79(15)36-22-23-37-80(79,84)16)45-66-71(67)81(61-32-35-69-70(72(61)83)54-26-20-21-27-68(54)85-69)62-47-58-59(78(13,14)41-40-77(58,11)12)48-65(62)82(66)52-30-31-56-57(44-52)76(9,10)39-38-75(56,7)8/h17-21,24-35,42-48H,22-23,36-41H2,1-16H3. The predicted molar refractivity (Wildman–Crippen MR) is 364 cm³/mol. The summed E-state index contributed by atoms with van der Waals surface area (Å²) in [6, 6.07) is 58.2. The van der Waals surface area contributed by atoms with E-state index in [1.54, 1.807) is 0 Å². The first kappa shape index (κ1) is 54.7. The Hall–Kier alpha value is -6.98. The van der Waals surface area contributed by atoms with Crippen molar-refractivity contribution >= 4 is 90.5 Å². The van der Waals surface area contributed by atoms with Gasteiger partial charge < -0.3 is 19.1 Å². The number of fused-ring (bicyclic) bond motifs is 13. The van der Waals surface area contributed by atoms with Crippen molar-refractivity contribution in [2.24, 2.45) is 0 Å². The average molecular weight is 1120 g/mol. The van der Waals surface area contributed by atoms with Gasteiger partial charge in [0.1, 0.15) is 11.2 Å². The van der Waals surface area contributed by atoms with Crippen molar-refractivity contribution < 1.29 is 4.42 Å². The van der Waals surface area contributed by atoms with Crippen molar-refractivity contribution in [1.29, 1.82) is 0 Å². The number of rotatable bonds is 4. The highest BCUT2D eigenvalue weighted by Gasteiger charge is 2.59. The van der Waals surface area contributed by atoms with Crippen molar-refractivity contribution in [2.45, 2.75) is 206 Å². The number of benzene rings is 8. The Morgan fingerprint density at radius 2 is 1.01 bits per heavy atom. The molecule has 1 saturated carbocycles. The molecular weight excluding hydrogens is 1030 g/mol. The molecule has 3 aliphatic carbocycles. The van der Waals surface area contributed by atoms with Crippen molar-refractivity contribution in [3.63, 3.8) is 0 Å². The van der Waals surface area contributed by atoms with Gasteiger partial charge in [0, 0.05) is 50.5 Å². The van der Waals surface area contributed by atoms with E-state index in [0.29, 0.717) is 0 Å². The third-order valence-electron chi connectivity index (χ3n) is 23.0. The molecule has 0 N–H and O–H groups in total. The van der Waals surface area contributed by atoms with E-state index in [1.807, 2.05) is 0 Å². The van der Waals surface area contributed by atoms with Gasteiger partial charge in [0.05, 0.1) is 22.3 Å². The molecule has 0 amide bonds. The highest BCUT2D eigenvalue weighted by Crippen LogP contribution is 2.63. The van der Waals surface area contributed by atoms with E-state index in [4.69, 9.17) is 4.42 Å². The van der Waals surface area contributed by atoms with E-state index in [-0.39, 0.29) is 50.2 Å². The van der Waals surface area contributed by atoms with Gasteiger partial charge in [-0.1, -0.05) is 202 Å². The van der Waals surface area contributed by atoms with Crippen LogP contribution in [-0.2, 0) is 37.9 Å². The lowest BCUT2D eigenvalue weighted by atomic mass is 9.33. The quantitative estimate of drug-likeness (QED) is 0.164. The smallest absolute Gasteiger partial charge is 0.252 e. The Bertz CT molecular complexity index is 4290. The fraction of sp³-hybridized carbons (Fsp3) is 0.400. The van der Waals surface area contributed by atoms with Crippen LogP contribution in [-0.4, -0.2) is 12.3 Å². The zero-order chi connectivity index (χ0) is 59.5. The Morgan fingerprint density at radius 3 is 1.69 bits per heavy atom. The molecular formula is C80H88BN3O. The zero-order valence-corrected chi connectivity index (χ0v) is 53.8. The molecule has 8 aromatic carbocycles. The van der Waals surface area contributed by atoms with Gasteiger partial charge in [-0.15, -0.1) is 0 Å². The average Bonchev–Trinajstić information content (AvgIpc) is 1.69. The van der Waals surface area contributed by atoms with Crippen LogP contribution < -0.4 is 31.1 Å². The number of nitrogens with zero attached hydrogens (tertiary/aromatic N) is 3. The summed E-state index contributed by atoms with van der Waals surface area (Å²) in [4.78, 5) is 8.39. The summed E-state index contributed by atoms with van der Waals surface area (Å²) in [6.45, 7) is 39.3. The molecule has 0 spiro atoms. The minimum Gasteiger partial charge on any atom is -0.456 e. The van der Waals surface area contributed by atoms with Crippen LogP contribution in [0, 0.1) is 0 Å². The van der Waals surface area contributed by atoms with Crippen molar-refractivity contribution in [3.8, 4) is 11.1 Å². The van der Waals surface area contributed by atoms with Gasteiger partial charge in [0.2, 0.25) is 0 Å². The molecule has 9 aromatic rings. The first-order valence-corrected chi connectivity index (χ1v) is 32.3. The predicted octanol–water partition coefficient (Wildman–Crippen LogP) is 20.4. The maximum Gasteiger partial charge on any atom is 0.252 e. The maximum atomic E-state index is 7.04. The van der Waals surface area contributed by atoms with Crippen LogP contribution in [0.15, 0.2) is 150 Å². The first-order chi connectivity index (χ1) is 40.1. The van der Waals surface area contributed by atoms with E-state index in [9.17, 15) is 0 Å². The minimum atomic E-state index is -0.201. The lowest BCUT2D eigenvalue weighted by molar-refractivity contribution is 0.195. The lowest BCUT2D eigenvalue weighted by Crippen LogP contribution is -2.62. The van der Waals surface area contributed by atoms with Crippen LogP contribution in [0.4, 0.5) is 45.5 Å². The topological polar surface area (TPSA) is 22.9 Å². The lowest BCUT2D eigenvalue weighted by Gasteiger charge is -2.51. The molecule has 5 heteroatoms. The van der Waals surface area contributed by atoms with Gasteiger partial charge in [0.25, 0.3) is 6.71 Å². The Kier molecular flexibility index (Phi) is 11.5. The second-order valence-corrected chi connectivity index (χ2v) is 32.2. The Labute approximate surface area is 508 Å². The highest BCUT2D eigenvalue weighted by molar-refractivity contribution is 7.00. The fourth-order valence-electron chi connectivity index (χ4n) is 17.4. The number of hydrogen-bond donors (Lipinski definition) is 0. The van der Waals surface area contributed by atoms with Gasteiger partial charge >= 0.3 is 0 Å². The highest BCUT2D eigenvalue weighted by atomic mass is 16.3. The minimum absolute atomic E-state index is 0.00910. The molecule has 0 radical (unpaired) electrons. The van der Waals surface area contributed by atoms with Gasteiger partial charge in [0.15, 0.2) is 0 Å². The third-order valence-corrected chi connectivity index (χ3v) is 23.0. The summed E-state index contributed by atoms with van der Waals surface area (Å²) in [5.74, 6) is 0. The number of furan rings is 1. The van der Waals surface area contributed by atoms with Gasteiger partial charge in [-0.3, -0.25) is 0 Å². The van der Waals surface area contributed by atoms with Crippen LogP contribution in [0.25, 0.3) is 33.1 Å². The summed E-state index contributed by atoms with van der Waals surface area (Å²) < 4.78 is 7.04. The molecule has 15 rings (SSSR count). The monoisotopic (exact) mass is 1120 g/mol. The largest absolute Gasteiger partial charge is 0.456 e. The normalized spacial score (nSPS) is 22.1. The van der Waals surface area contributed by atoms with E-state index < -0.39 is 0 Å². The molecule has 85 heavy (non-hydrogen) atoms. The van der Waals surface area contributed by atoms with E-state index in [1.165, 1.54) is 137 Å². The van der Waals surface area contributed by atoms with Crippen LogP contribution in [0.1, 0.15) is 201 Å². The molecule has 4 nitrogen and oxygen atoms in total. The Balaban J connectivity index is 1.14. The molecule has 432 valence electrons. The van der Waals surface area contributed by atoms with Crippen LogP contribution >= 0.6 is 0 Å². The Morgan fingerprint density at radius 1 is 0.424 bits per heavy atom. The number of anilines is 8. The SMILES string of the molecule is CC(C)(C)c1ccc(N2c3cc(N4c5ccc(C(C)(C)C)cc5C5(C)CCCCC45C)cc4c3B(c3cc5c(cc3N4c3ccc4c(c3)C(C)(C)CCC4(C)C)C(C)(C)CCC5(C)C)c3ccc4oc5ccccc5c4c32)c(-c2ccccc2)c1. The molecule has 1 aromatic heterocycles. The van der Waals surface area contributed by atoms with Crippen LogP contribution in [0.3, 0.4) is 0 Å². The van der Waals surface area contributed by atoms with Crippen molar-refractivity contribution in [3.05, 3.63) is 185 Å². The third kappa shape index (κ3) is 7.78. The summed E-state index contributed by atoms with van der Waals surface area (Å²) in [5, 5.41) is 2.31. The van der Waals surface area contributed by atoms with Crippen molar-refractivity contribution in [2.75, 3.05) is 14.7 Å². The van der Waals surface area contributed by atoms with Crippen LogP contribution in [0.2, 0.25) is 0 Å². The van der Waals surface area contributed by atoms with Gasteiger partial charge in [-0.05, 0) is 199 Å². The van der Waals surface area contributed by atoms with Gasteiger partial charge in [-0.25, -0.2) is 0 Å². The summed E-state index contributed by atoms with van der Waals surface area (Å²) in [6.07, 6.45) is 9.32. The second kappa shape index (κ2) is 17.8. The molecule has 2 atom stereocenters. The van der Waals surface area contributed by atoms with E-state index in [0.717, 1.165) is 48.7 Å². The summed E-state index contributed by atoms with van der Waals surface area (Å²) >= 11 is 0. The molecule has 0 bridgehead atoms. The summed E-state index contributed by atoms with van der Waals surface area (Å²) in [7, 11) is 0. The molecule has 2 unspecified atom stereocenters. The maximum absolute atomic E-state index is 7.04. The molecule has 3 aliphatic heterocycles. The molecule has 0 saturated heterocycles. The fourth-order valence-corrected chi connectivity index (χ4v) is 17.4.